The fraction of sp³-hybridized carbons (Fsp3) is 0.379. The molecule has 1 aliphatic rings. The Balaban J connectivity index is 1.97. The minimum absolute atomic E-state index is 0.0221. The molecule has 1 aromatic heterocycles. The molecule has 2 aromatic carbocycles. The van der Waals surface area contributed by atoms with Gasteiger partial charge < -0.3 is 9.84 Å². The van der Waals surface area contributed by atoms with Crippen molar-refractivity contribution in [2.75, 3.05) is 25.2 Å². The van der Waals surface area contributed by atoms with Crippen molar-refractivity contribution in [2.45, 2.75) is 44.9 Å². The molecule has 214 valence electrons. The molecule has 0 fully saturated rings. The molecule has 0 radical (unpaired) electrons. The van der Waals surface area contributed by atoms with Gasteiger partial charge in [-0.3, -0.25) is 4.90 Å². The molecule has 0 aliphatic carbocycles. The molecule has 4 rings (SSSR count). The number of hydrogen-bond acceptors (Lipinski definition) is 6. The lowest BCUT2D eigenvalue weighted by Crippen LogP contribution is -2.49. The van der Waals surface area contributed by atoms with E-state index in [1.165, 1.54) is 29.2 Å². The van der Waals surface area contributed by atoms with Gasteiger partial charge >= 0.3 is 12.1 Å². The van der Waals surface area contributed by atoms with Crippen LogP contribution < -0.4 is 0 Å². The van der Waals surface area contributed by atoms with Gasteiger partial charge in [0.05, 0.1) is 17.3 Å². The van der Waals surface area contributed by atoms with Crippen molar-refractivity contribution in [3.8, 4) is 0 Å². The van der Waals surface area contributed by atoms with Crippen LogP contribution in [0.15, 0.2) is 42.5 Å². The molecular weight excluding hydrogens is 561 g/mol. The number of rotatable bonds is 9. The highest BCUT2D eigenvalue weighted by Gasteiger charge is 2.43. The number of ether oxygens (including phenoxy) is 1. The smallest absolute Gasteiger partial charge is 0.418 e. The summed E-state index contributed by atoms with van der Waals surface area (Å²) in [6.45, 7) is 4.64. The maximum absolute atomic E-state index is 15.9. The number of fused-ring (bicyclic) bond motifs is 3. The van der Waals surface area contributed by atoms with E-state index in [1.807, 2.05) is 25.3 Å². The molecule has 2 atom stereocenters. The third-order valence-corrected chi connectivity index (χ3v) is 8.50. The van der Waals surface area contributed by atoms with Gasteiger partial charge in [-0.05, 0) is 68.8 Å². The fourth-order valence-electron chi connectivity index (χ4n) is 5.27. The maximum atomic E-state index is 15.9. The summed E-state index contributed by atoms with van der Waals surface area (Å²) in [4.78, 5) is 26.2. The number of benzene rings is 2. The zero-order valence-electron chi connectivity index (χ0n) is 22.6. The standard InChI is InChI=1S/C29H31F3N2O4S2/c1-17-13-20-19-7-5-6-8-23(19)34(28(37)38-11-12-40-39-4)26(20)27(33(17)16-29(2,3)32)25-21(30)14-18(15-22(25)31)9-10-24(35)36/h5-10,14-15,17,27H,11-13,16H2,1-4H3,(H,35,36)/b10-9+/t17-,27-/m1/s1. The Bertz CT molecular complexity index is 1430. The highest BCUT2D eigenvalue weighted by molar-refractivity contribution is 8.76. The minimum atomic E-state index is -1.71. The zero-order valence-corrected chi connectivity index (χ0v) is 24.3. The lowest BCUT2D eigenvalue weighted by molar-refractivity contribution is -0.131. The summed E-state index contributed by atoms with van der Waals surface area (Å²) in [5.74, 6) is -2.56. The third kappa shape index (κ3) is 6.37. The second kappa shape index (κ2) is 12.3. The molecule has 1 N–H and O–H groups in total. The molecule has 0 bridgehead atoms. The van der Waals surface area contributed by atoms with Crippen molar-refractivity contribution in [1.82, 2.24) is 9.47 Å². The van der Waals surface area contributed by atoms with Crippen molar-refractivity contribution in [3.63, 3.8) is 0 Å². The van der Waals surface area contributed by atoms with Crippen LogP contribution in [0.4, 0.5) is 18.0 Å². The lowest BCUT2D eigenvalue weighted by atomic mass is 9.86. The van der Waals surface area contributed by atoms with Crippen molar-refractivity contribution in [1.29, 1.82) is 0 Å². The van der Waals surface area contributed by atoms with E-state index in [-0.39, 0.29) is 30.3 Å². The molecule has 0 amide bonds. The van der Waals surface area contributed by atoms with Gasteiger partial charge in [-0.2, -0.15) is 0 Å². The SMILES string of the molecule is CSSCCOC(=O)n1c2c(c3ccccc31)C[C@@H](C)N(CC(C)(C)F)[C@@H]2c1c(F)cc(/C=C/C(=O)O)cc1F. The number of para-hydroxylation sites is 1. The Morgan fingerprint density at radius 2 is 1.88 bits per heavy atom. The third-order valence-electron chi connectivity index (χ3n) is 6.72. The summed E-state index contributed by atoms with van der Waals surface area (Å²) < 4.78 is 53.8. The average Bonchev–Trinajstić information content (AvgIpc) is 3.19. The molecule has 1 aliphatic heterocycles. The van der Waals surface area contributed by atoms with E-state index in [1.54, 1.807) is 27.8 Å². The number of carbonyl (C=O) groups is 2. The monoisotopic (exact) mass is 592 g/mol. The van der Waals surface area contributed by atoms with E-state index >= 15 is 13.2 Å². The van der Waals surface area contributed by atoms with Gasteiger partial charge in [0.2, 0.25) is 0 Å². The molecule has 40 heavy (non-hydrogen) atoms. The molecule has 0 spiro atoms. The maximum Gasteiger partial charge on any atom is 0.418 e. The quantitative estimate of drug-likeness (QED) is 0.162. The first-order valence-corrected chi connectivity index (χ1v) is 15.4. The second-order valence-corrected chi connectivity index (χ2v) is 12.9. The molecule has 2 heterocycles. The van der Waals surface area contributed by atoms with Gasteiger partial charge in [0.25, 0.3) is 0 Å². The number of halogens is 3. The second-order valence-electron chi connectivity index (χ2n) is 10.2. The summed E-state index contributed by atoms with van der Waals surface area (Å²) in [5, 5.41) is 9.69. The molecule has 0 saturated heterocycles. The van der Waals surface area contributed by atoms with Crippen LogP contribution in [-0.4, -0.2) is 63.5 Å². The molecule has 6 nitrogen and oxygen atoms in total. The van der Waals surface area contributed by atoms with Gasteiger partial charge in [0, 0.05) is 35.4 Å². The topological polar surface area (TPSA) is 71.8 Å². The van der Waals surface area contributed by atoms with E-state index < -0.39 is 35.4 Å². The van der Waals surface area contributed by atoms with Crippen LogP contribution in [0, 0.1) is 11.6 Å². The van der Waals surface area contributed by atoms with Crippen molar-refractivity contribution in [2.24, 2.45) is 0 Å². The van der Waals surface area contributed by atoms with Crippen LogP contribution in [0.2, 0.25) is 0 Å². The fourth-order valence-corrected chi connectivity index (χ4v) is 6.30. The summed E-state index contributed by atoms with van der Waals surface area (Å²) in [6, 6.07) is 7.80. The molecular formula is C29H31F3N2O4S2. The molecule has 11 heteroatoms. The summed E-state index contributed by atoms with van der Waals surface area (Å²) >= 11 is 0. The summed E-state index contributed by atoms with van der Waals surface area (Å²) in [6.07, 6.45) is 3.54. The molecule has 0 saturated carbocycles. The molecule has 0 unspecified atom stereocenters. The number of aliphatic carboxylic acids is 1. The van der Waals surface area contributed by atoms with E-state index in [4.69, 9.17) is 9.84 Å². The highest BCUT2D eigenvalue weighted by atomic mass is 33.1. The number of hydrogen-bond donors (Lipinski definition) is 1. The van der Waals surface area contributed by atoms with Crippen LogP contribution in [-0.2, 0) is 16.0 Å². The van der Waals surface area contributed by atoms with Crippen LogP contribution >= 0.6 is 21.6 Å². The van der Waals surface area contributed by atoms with Crippen LogP contribution in [0.1, 0.15) is 49.2 Å². The number of carbonyl (C=O) groups excluding carboxylic acids is 1. The van der Waals surface area contributed by atoms with E-state index in [2.05, 4.69) is 0 Å². The highest BCUT2D eigenvalue weighted by Crippen LogP contribution is 2.45. The van der Waals surface area contributed by atoms with Gasteiger partial charge in [0.1, 0.15) is 23.9 Å². The average molecular weight is 593 g/mol. The Morgan fingerprint density at radius 3 is 2.50 bits per heavy atom. The number of aromatic nitrogens is 1. The van der Waals surface area contributed by atoms with Gasteiger partial charge in [-0.15, -0.1) is 0 Å². The number of carboxylic acid groups (broad SMARTS) is 1. The van der Waals surface area contributed by atoms with E-state index in [0.717, 1.165) is 35.2 Å². The van der Waals surface area contributed by atoms with Crippen molar-refractivity contribution < 1.29 is 32.6 Å². The first-order valence-electron chi connectivity index (χ1n) is 12.7. The van der Waals surface area contributed by atoms with E-state index in [9.17, 15) is 9.59 Å². The predicted octanol–water partition coefficient (Wildman–Crippen LogP) is 7.10. The largest absolute Gasteiger partial charge is 0.478 e. The Kier molecular flexibility index (Phi) is 9.26. The van der Waals surface area contributed by atoms with Crippen LogP contribution in [0.5, 0.6) is 0 Å². The Hall–Kier alpha value is -2.89. The Labute approximate surface area is 239 Å². The normalized spacial score (nSPS) is 17.9. The van der Waals surface area contributed by atoms with Gasteiger partial charge in [-0.25, -0.2) is 27.3 Å². The summed E-state index contributed by atoms with van der Waals surface area (Å²) in [7, 11) is 3.08. The minimum Gasteiger partial charge on any atom is -0.478 e. The zero-order chi connectivity index (χ0) is 29.2. The van der Waals surface area contributed by atoms with Gasteiger partial charge in [-0.1, -0.05) is 39.8 Å². The van der Waals surface area contributed by atoms with Crippen molar-refractivity contribution >= 4 is 50.6 Å². The van der Waals surface area contributed by atoms with Crippen LogP contribution in [0.25, 0.3) is 17.0 Å². The first kappa shape index (κ1) is 30.1. The number of alkyl halides is 1. The predicted molar refractivity (Wildman–Crippen MR) is 155 cm³/mol. The molecule has 3 aromatic rings. The Morgan fingerprint density at radius 1 is 1.20 bits per heavy atom. The van der Waals surface area contributed by atoms with E-state index in [0.29, 0.717) is 23.4 Å². The first-order chi connectivity index (χ1) is 18.9. The van der Waals surface area contributed by atoms with Gasteiger partial charge in [0.15, 0.2) is 0 Å². The number of nitrogens with zero attached hydrogens (tertiary/aromatic N) is 2. The van der Waals surface area contributed by atoms with Crippen LogP contribution in [0.3, 0.4) is 0 Å². The number of carboxylic acids is 1. The van der Waals surface area contributed by atoms with Crippen molar-refractivity contribution in [3.05, 3.63) is 76.5 Å². The summed E-state index contributed by atoms with van der Waals surface area (Å²) in [5.41, 5.74) is -0.431. The lowest BCUT2D eigenvalue weighted by Gasteiger charge is -2.43.